The highest BCUT2D eigenvalue weighted by molar-refractivity contribution is 5.58. The van der Waals surface area contributed by atoms with E-state index in [1.807, 2.05) is 6.07 Å². The molecule has 1 aliphatic heterocycles. The summed E-state index contributed by atoms with van der Waals surface area (Å²) in [7, 11) is 0. The molecule has 4 heteroatoms. The van der Waals surface area contributed by atoms with Gasteiger partial charge in [0.25, 0.3) is 0 Å². The van der Waals surface area contributed by atoms with Crippen molar-refractivity contribution in [2.24, 2.45) is 5.84 Å². The molecule has 3 rings (SSSR count). The van der Waals surface area contributed by atoms with Gasteiger partial charge in [-0.3, -0.25) is 0 Å². The van der Waals surface area contributed by atoms with Crippen molar-refractivity contribution >= 4 is 11.5 Å². The average Bonchev–Trinajstić information content (AvgIpc) is 2.47. The van der Waals surface area contributed by atoms with Crippen molar-refractivity contribution in [2.45, 2.75) is 26.3 Å². The monoisotopic (exact) mass is 268 g/mol. The van der Waals surface area contributed by atoms with E-state index < -0.39 is 0 Å². The van der Waals surface area contributed by atoms with Crippen LogP contribution < -0.4 is 16.2 Å². The Labute approximate surface area is 119 Å². The van der Waals surface area contributed by atoms with E-state index in [0.717, 1.165) is 24.5 Å². The van der Waals surface area contributed by atoms with Gasteiger partial charge in [-0.2, -0.15) is 0 Å². The quantitative estimate of drug-likeness (QED) is 0.663. The van der Waals surface area contributed by atoms with E-state index in [9.17, 15) is 0 Å². The molecule has 1 aromatic heterocycles. The number of nitrogens with two attached hydrogens (primary N) is 1. The van der Waals surface area contributed by atoms with Crippen LogP contribution in [0.15, 0.2) is 36.5 Å². The number of fused-ring (bicyclic) bond motifs is 1. The van der Waals surface area contributed by atoms with E-state index >= 15 is 0 Å². The Morgan fingerprint density at radius 1 is 1.35 bits per heavy atom. The van der Waals surface area contributed by atoms with Gasteiger partial charge in [0.1, 0.15) is 5.82 Å². The minimum absolute atomic E-state index is 0.756. The number of benzene rings is 1. The van der Waals surface area contributed by atoms with Crippen LogP contribution in [0.4, 0.5) is 11.5 Å². The van der Waals surface area contributed by atoms with E-state index in [0.29, 0.717) is 0 Å². The summed E-state index contributed by atoms with van der Waals surface area (Å²) < 4.78 is 0. The molecule has 0 radical (unpaired) electrons. The third-order valence-electron chi connectivity index (χ3n) is 3.84. The predicted octanol–water partition coefficient (Wildman–Crippen LogP) is 2.63. The molecule has 20 heavy (non-hydrogen) atoms. The number of nitrogens with zero attached hydrogens (tertiary/aromatic N) is 2. The molecule has 2 heterocycles. The summed E-state index contributed by atoms with van der Waals surface area (Å²) in [5.41, 5.74) is 7.93. The first-order valence-corrected chi connectivity index (χ1v) is 7.03. The lowest BCUT2D eigenvalue weighted by Gasteiger charge is -2.32. The van der Waals surface area contributed by atoms with Gasteiger partial charge >= 0.3 is 0 Å². The van der Waals surface area contributed by atoms with Crippen molar-refractivity contribution in [3.8, 4) is 0 Å². The van der Waals surface area contributed by atoms with Gasteiger partial charge in [0.2, 0.25) is 0 Å². The van der Waals surface area contributed by atoms with E-state index in [1.165, 1.54) is 29.7 Å². The minimum Gasteiger partial charge on any atom is -0.367 e. The van der Waals surface area contributed by atoms with Crippen molar-refractivity contribution in [1.29, 1.82) is 0 Å². The van der Waals surface area contributed by atoms with Crippen LogP contribution in [0, 0.1) is 6.92 Å². The largest absolute Gasteiger partial charge is 0.367 e. The Hall–Kier alpha value is -2.07. The molecule has 0 unspecified atom stereocenters. The van der Waals surface area contributed by atoms with Crippen LogP contribution in [-0.2, 0) is 13.0 Å². The van der Waals surface area contributed by atoms with Crippen LogP contribution in [-0.4, -0.2) is 11.5 Å². The number of anilines is 2. The molecule has 0 aliphatic carbocycles. The molecule has 4 nitrogen and oxygen atoms in total. The Morgan fingerprint density at radius 2 is 2.25 bits per heavy atom. The molecule has 2 aromatic rings. The molecule has 0 fully saturated rings. The highest BCUT2D eigenvalue weighted by Crippen LogP contribution is 2.29. The number of hydrogen-bond donors (Lipinski definition) is 2. The van der Waals surface area contributed by atoms with E-state index in [-0.39, 0.29) is 0 Å². The van der Waals surface area contributed by atoms with Gasteiger partial charge in [-0.25, -0.2) is 10.8 Å². The fraction of sp³-hybridized carbons (Fsp3) is 0.312. The zero-order valence-corrected chi connectivity index (χ0v) is 11.8. The molecular formula is C16H20N4. The summed E-state index contributed by atoms with van der Waals surface area (Å²) in [5, 5.41) is 0. The summed E-state index contributed by atoms with van der Waals surface area (Å²) in [5.74, 6) is 6.30. The highest BCUT2D eigenvalue weighted by Gasteiger charge is 2.18. The maximum atomic E-state index is 5.54. The lowest BCUT2D eigenvalue weighted by atomic mass is 9.99. The van der Waals surface area contributed by atoms with Gasteiger partial charge in [0.05, 0.1) is 0 Å². The number of aryl methyl sites for hydroxylation is 2. The summed E-state index contributed by atoms with van der Waals surface area (Å²) in [6.07, 6.45) is 4.12. The molecular weight excluding hydrogens is 248 g/mol. The second-order valence-corrected chi connectivity index (χ2v) is 5.31. The zero-order valence-electron chi connectivity index (χ0n) is 11.8. The Balaban J connectivity index is 1.89. The first kappa shape index (κ1) is 12.9. The van der Waals surface area contributed by atoms with Crippen molar-refractivity contribution in [3.05, 3.63) is 53.2 Å². The van der Waals surface area contributed by atoms with Crippen LogP contribution in [0.2, 0.25) is 0 Å². The van der Waals surface area contributed by atoms with Crippen molar-refractivity contribution in [2.75, 3.05) is 16.9 Å². The fourth-order valence-corrected chi connectivity index (χ4v) is 2.87. The standard InChI is InChI=1S/C16H20N4/c1-12-6-7-15-13(10-12)5-3-9-20(15)11-14-4-2-8-18-16(14)19-17/h2,4,6-8,10H,3,5,9,11,17H2,1H3,(H,18,19). The Morgan fingerprint density at radius 3 is 3.10 bits per heavy atom. The maximum Gasteiger partial charge on any atom is 0.144 e. The first-order valence-electron chi connectivity index (χ1n) is 7.03. The second kappa shape index (κ2) is 5.51. The molecule has 0 amide bonds. The predicted molar refractivity (Wildman–Crippen MR) is 82.6 cm³/mol. The van der Waals surface area contributed by atoms with Crippen LogP contribution in [0.1, 0.15) is 23.1 Å². The number of hydrogen-bond acceptors (Lipinski definition) is 4. The van der Waals surface area contributed by atoms with Gasteiger partial charge in [0.15, 0.2) is 0 Å². The number of rotatable bonds is 3. The van der Waals surface area contributed by atoms with Crippen molar-refractivity contribution < 1.29 is 0 Å². The first-order chi connectivity index (χ1) is 9.78. The SMILES string of the molecule is Cc1ccc2c(c1)CCCN2Cc1cccnc1NN. The number of nitrogen functional groups attached to an aromatic ring is 1. The maximum absolute atomic E-state index is 5.54. The minimum atomic E-state index is 0.756. The molecule has 0 saturated heterocycles. The number of nitrogens with one attached hydrogen (secondary N) is 1. The summed E-state index contributed by atoms with van der Waals surface area (Å²) in [6.45, 7) is 4.06. The normalized spacial score (nSPS) is 14.0. The van der Waals surface area contributed by atoms with Crippen molar-refractivity contribution in [1.82, 2.24) is 4.98 Å². The Kier molecular flexibility index (Phi) is 3.56. The van der Waals surface area contributed by atoms with Gasteiger partial charge in [0, 0.05) is 30.5 Å². The van der Waals surface area contributed by atoms with Crippen molar-refractivity contribution in [3.63, 3.8) is 0 Å². The molecule has 0 atom stereocenters. The summed E-state index contributed by atoms with van der Waals surface area (Å²) >= 11 is 0. The molecule has 0 saturated carbocycles. The molecule has 1 aromatic carbocycles. The third kappa shape index (κ3) is 2.47. The second-order valence-electron chi connectivity index (χ2n) is 5.31. The molecule has 104 valence electrons. The average molecular weight is 268 g/mol. The van der Waals surface area contributed by atoms with Crippen LogP contribution >= 0.6 is 0 Å². The van der Waals surface area contributed by atoms with Crippen LogP contribution in [0.5, 0.6) is 0 Å². The Bertz CT molecular complexity index is 609. The third-order valence-corrected chi connectivity index (χ3v) is 3.84. The number of hydrazine groups is 1. The number of aromatic nitrogens is 1. The lowest BCUT2D eigenvalue weighted by molar-refractivity contribution is 0.690. The molecule has 0 spiro atoms. The lowest BCUT2D eigenvalue weighted by Crippen LogP contribution is -2.29. The summed E-state index contributed by atoms with van der Waals surface area (Å²) in [4.78, 5) is 6.68. The molecule has 3 N–H and O–H groups in total. The fourth-order valence-electron chi connectivity index (χ4n) is 2.87. The van der Waals surface area contributed by atoms with E-state index in [1.54, 1.807) is 6.20 Å². The summed E-state index contributed by atoms with van der Waals surface area (Å²) in [6, 6.07) is 10.7. The smallest absolute Gasteiger partial charge is 0.144 e. The van der Waals surface area contributed by atoms with Crippen LogP contribution in [0.3, 0.4) is 0 Å². The zero-order chi connectivity index (χ0) is 13.9. The van der Waals surface area contributed by atoms with Gasteiger partial charge in [-0.05, 0) is 37.5 Å². The highest BCUT2D eigenvalue weighted by atomic mass is 15.3. The van der Waals surface area contributed by atoms with E-state index in [4.69, 9.17) is 5.84 Å². The van der Waals surface area contributed by atoms with Gasteiger partial charge in [-0.1, -0.05) is 23.8 Å². The van der Waals surface area contributed by atoms with E-state index in [2.05, 4.69) is 46.5 Å². The molecule has 0 bridgehead atoms. The molecule has 1 aliphatic rings. The topological polar surface area (TPSA) is 54.2 Å². The van der Waals surface area contributed by atoms with Crippen LogP contribution in [0.25, 0.3) is 0 Å². The van der Waals surface area contributed by atoms with Gasteiger partial charge in [-0.15, -0.1) is 0 Å². The van der Waals surface area contributed by atoms with Gasteiger partial charge < -0.3 is 10.3 Å². The number of pyridine rings is 1.